The van der Waals surface area contributed by atoms with Gasteiger partial charge in [0.2, 0.25) is 0 Å². The van der Waals surface area contributed by atoms with Gasteiger partial charge in [0.05, 0.1) is 0 Å². The molecule has 1 aliphatic heterocycles. The van der Waals surface area contributed by atoms with Crippen molar-refractivity contribution in [1.29, 1.82) is 0 Å². The third-order valence-corrected chi connectivity index (χ3v) is 5.00. The number of hydrogen-bond donors (Lipinski definition) is 1. The number of hydrogen-bond acceptors (Lipinski definition) is 5. The van der Waals surface area contributed by atoms with E-state index in [-0.39, 0.29) is 11.7 Å². The van der Waals surface area contributed by atoms with Gasteiger partial charge in [0.1, 0.15) is 5.82 Å². The molecule has 0 aliphatic carbocycles. The molecule has 4 rings (SSSR count). The maximum Gasteiger partial charge on any atom is 0.256 e. The van der Waals surface area contributed by atoms with E-state index in [4.69, 9.17) is 0 Å². The van der Waals surface area contributed by atoms with E-state index in [0.29, 0.717) is 11.4 Å². The number of aryl methyl sites for hydroxylation is 1. The SMILES string of the molecule is Cc1ccc(C(=O)Nc2ccc(N3CCN(c4ccc(F)cc4)CC3)nn2)cc1. The van der Waals surface area contributed by atoms with Gasteiger partial charge >= 0.3 is 0 Å². The Balaban J connectivity index is 1.34. The molecule has 2 heterocycles. The molecular formula is C22H22FN5O. The highest BCUT2D eigenvalue weighted by molar-refractivity contribution is 6.03. The largest absolute Gasteiger partial charge is 0.368 e. The van der Waals surface area contributed by atoms with Crippen molar-refractivity contribution >= 4 is 23.2 Å². The summed E-state index contributed by atoms with van der Waals surface area (Å²) in [6.45, 7) is 5.20. The first-order chi connectivity index (χ1) is 14.1. The Hall–Kier alpha value is -3.48. The van der Waals surface area contributed by atoms with Crippen molar-refractivity contribution in [1.82, 2.24) is 10.2 Å². The molecule has 0 bridgehead atoms. The lowest BCUT2D eigenvalue weighted by molar-refractivity contribution is 0.102. The Morgan fingerprint density at radius 2 is 1.52 bits per heavy atom. The molecule has 1 aromatic heterocycles. The maximum absolute atomic E-state index is 13.1. The maximum atomic E-state index is 13.1. The van der Waals surface area contributed by atoms with Crippen molar-refractivity contribution in [2.75, 3.05) is 41.3 Å². The Kier molecular flexibility index (Phi) is 5.37. The van der Waals surface area contributed by atoms with Crippen LogP contribution in [0.25, 0.3) is 0 Å². The number of anilines is 3. The van der Waals surface area contributed by atoms with Crippen molar-refractivity contribution in [3.63, 3.8) is 0 Å². The molecule has 1 aliphatic rings. The molecule has 3 aromatic rings. The number of carbonyl (C=O) groups excluding carboxylic acids is 1. The van der Waals surface area contributed by atoms with E-state index in [9.17, 15) is 9.18 Å². The molecule has 29 heavy (non-hydrogen) atoms. The molecule has 1 N–H and O–H groups in total. The zero-order valence-corrected chi connectivity index (χ0v) is 16.2. The number of carbonyl (C=O) groups is 1. The van der Waals surface area contributed by atoms with E-state index in [1.54, 1.807) is 30.3 Å². The lowest BCUT2D eigenvalue weighted by Crippen LogP contribution is -2.46. The van der Waals surface area contributed by atoms with Crippen LogP contribution in [0.4, 0.5) is 21.7 Å². The summed E-state index contributed by atoms with van der Waals surface area (Å²) in [7, 11) is 0. The van der Waals surface area contributed by atoms with E-state index in [1.807, 2.05) is 25.1 Å². The lowest BCUT2D eigenvalue weighted by Gasteiger charge is -2.36. The van der Waals surface area contributed by atoms with Gasteiger partial charge in [0, 0.05) is 37.4 Å². The quantitative estimate of drug-likeness (QED) is 0.738. The minimum Gasteiger partial charge on any atom is -0.368 e. The van der Waals surface area contributed by atoms with Crippen molar-refractivity contribution < 1.29 is 9.18 Å². The molecule has 7 heteroatoms. The average molecular weight is 391 g/mol. The monoisotopic (exact) mass is 391 g/mol. The molecule has 0 radical (unpaired) electrons. The number of nitrogens with one attached hydrogen (secondary N) is 1. The van der Waals surface area contributed by atoms with Gasteiger partial charge in [-0.15, -0.1) is 10.2 Å². The first kappa shape index (κ1) is 18.9. The van der Waals surface area contributed by atoms with E-state index in [1.165, 1.54) is 12.1 Å². The highest BCUT2D eigenvalue weighted by Gasteiger charge is 2.19. The van der Waals surface area contributed by atoms with Gasteiger partial charge in [-0.25, -0.2) is 4.39 Å². The molecule has 6 nitrogen and oxygen atoms in total. The number of aromatic nitrogens is 2. The number of rotatable bonds is 4. The summed E-state index contributed by atoms with van der Waals surface area (Å²) in [5.74, 6) is 0.763. The molecule has 1 amide bonds. The first-order valence-electron chi connectivity index (χ1n) is 9.56. The molecule has 0 saturated carbocycles. The molecule has 0 unspecified atom stereocenters. The van der Waals surface area contributed by atoms with Crippen molar-refractivity contribution in [2.45, 2.75) is 6.92 Å². The summed E-state index contributed by atoms with van der Waals surface area (Å²) in [4.78, 5) is 16.7. The third kappa shape index (κ3) is 4.51. The predicted octanol–water partition coefficient (Wildman–Crippen LogP) is 3.50. The van der Waals surface area contributed by atoms with Crippen LogP contribution < -0.4 is 15.1 Å². The molecule has 148 valence electrons. The number of amides is 1. The van der Waals surface area contributed by atoms with E-state index in [2.05, 4.69) is 25.3 Å². The van der Waals surface area contributed by atoms with Crippen LogP contribution in [-0.4, -0.2) is 42.3 Å². The summed E-state index contributed by atoms with van der Waals surface area (Å²) in [6.07, 6.45) is 0. The minimum absolute atomic E-state index is 0.208. The van der Waals surface area contributed by atoms with E-state index in [0.717, 1.165) is 43.2 Å². The van der Waals surface area contributed by atoms with Gasteiger partial charge in [0.25, 0.3) is 5.91 Å². The second-order valence-electron chi connectivity index (χ2n) is 7.05. The zero-order valence-electron chi connectivity index (χ0n) is 16.2. The second kappa shape index (κ2) is 8.26. The summed E-state index contributed by atoms with van der Waals surface area (Å²) in [5.41, 5.74) is 2.70. The number of piperazine rings is 1. The summed E-state index contributed by atoms with van der Waals surface area (Å²) in [5, 5.41) is 11.2. The van der Waals surface area contributed by atoms with Crippen LogP contribution in [0.15, 0.2) is 60.7 Å². The average Bonchev–Trinajstić information content (AvgIpc) is 2.75. The number of nitrogens with zero attached hydrogens (tertiary/aromatic N) is 4. The van der Waals surface area contributed by atoms with E-state index >= 15 is 0 Å². The predicted molar refractivity (Wildman–Crippen MR) is 112 cm³/mol. The van der Waals surface area contributed by atoms with Crippen LogP contribution in [0.2, 0.25) is 0 Å². The molecule has 2 aromatic carbocycles. The number of halogens is 1. The molecule has 1 saturated heterocycles. The van der Waals surface area contributed by atoms with Gasteiger partial charge in [-0.1, -0.05) is 17.7 Å². The highest BCUT2D eigenvalue weighted by Crippen LogP contribution is 2.20. The molecular weight excluding hydrogens is 369 g/mol. The van der Waals surface area contributed by atoms with Crippen LogP contribution in [-0.2, 0) is 0 Å². The van der Waals surface area contributed by atoms with Crippen LogP contribution in [0.3, 0.4) is 0 Å². The summed E-state index contributed by atoms with van der Waals surface area (Å²) in [6, 6.07) is 17.6. The highest BCUT2D eigenvalue weighted by atomic mass is 19.1. The minimum atomic E-state index is -0.225. The fraction of sp³-hybridized carbons (Fsp3) is 0.227. The summed E-state index contributed by atoms with van der Waals surface area (Å²) >= 11 is 0. The summed E-state index contributed by atoms with van der Waals surface area (Å²) < 4.78 is 13.1. The molecule has 0 atom stereocenters. The molecule has 1 fully saturated rings. The fourth-order valence-corrected chi connectivity index (χ4v) is 3.30. The first-order valence-corrected chi connectivity index (χ1v) is 9.56. The normalized spacial score (nSPS) is 14.0. The van der Waals surface area contributed by atoms with Crippen LogP contribution in [0.1, 0.15) is 15.9 Å². The fourth-order valence-electron chi connectivity index (χ4n) is 3.30. The number of benzene rings is 2. The topological polar surface area (TPSA) is 61.4 Å². The van der Waals surface area contributed by atoms with Crippen LogP contribution in [0.5, 0.6) is 0 Å². The smallest absolute Gasteiger partial charge is 0.256 e. The van der Waals surface area contributed by atoms with Crippen molar-refractivity contribution in [3.8, 4) is 0 Å². The van der Waals surface area contributed by atoms with E-state index < -0.39 is 0 Å². The van der Waals surface area contributed by atoms with Crippen molar-refractivity contribution in [2.24, 2.45) is 0 Å². The van der Waals surface area contributed by atoms with Crippen LogP contribution in [0, 0.1) is 12.7 Å². The Bertz CT molecular complexity index is 966. The zero-order chi connectivity index (χ0) is 20.2. The molecule has 0 spiro atoms. The van der Waals surface area contributed by atoms with Gasteiger partial charge in [0.15, 0.2) is 11.6 Å². The lowest BCUT2D eigenvalue weighted by atomic mass is 10.1. The van der Waals surface area contributed by atoms with Gasteiger partial charge in [-0.2, -0.15) is 0 Å². The van der Waals surface area contributed by atoms with Gasteiger partial charge in [-0.3, -0.25) is 4.79 Å². The van der Waals surface area contributed by atoms with Crippen LogP contribution >= 0.6 is 0 Å². The standard InChI is InChI=1S/C22H22FN5O/c1-16-2-4-17(5-3-16)22(29)24-20-10-11-21(26-25-20)28-14-12-27(13-15-28)19-8-6-18(23)7-9-19/h2-11H,12-15H2,1H3,(H,24,25,29). The Morgan fingerprint density at radius 3 is 2.14 bits per heavy atom. The van der Waals surface area contributed by atoms with Crippen molar-refractivity contribution in [3.05, 3.63) is 77.6 Å². The third-order valence-electron chi connectivity index (χ3n) is 5.00. The van der Waals surface area contributed by atoms with Gasteiger partial charge in [-0.05, 0) is 55.5 Å². The van der Waals surface area contributed by atoms with Gasteiger partial charge < -0.3 is 15.1 Å². The second-order valence-corrected chi connectivity index (χ2v) is 7.05. The Labute approximate surface area is 169 Å². The Morgan fingerprint density at radius 1 is 0.862 bits per heavy atom.